The highest BCUT2D eigenvalue weighted by molar-refractivity contribution is 6.76. The van der Waals surface area contributed by atoms with E-state index in [9.17, 15) is 4.79 Å². The summed E-state index contributed by atoms with van der Waals surface area (Å²) in [4.78, 5) is 15.8. The molecule has 0 aliphatic carbocycles. The topological polar surface area (TPSA) is 47.4 Å². The molecule has 1 heterocycles. The fourth-order valence-electron chi connectivity index (χ4n) is 3.57. The lowest BCUT2D eigenvalue weighted by atomic mass is 10.1. The molecule has 32 heavy (non-hydrogen) atoms. The van der Waals surface area contributed by atoms with E-state index in [-0.39, 0.29) is 12.6 Å². The maximum absolute atomic E-state index is 14.1. The van der Waals surface area contributed by atoms with E-state index in [2.05, 4.69) is 19.6 Å². The van der Waals surface area contributed by atoms with Crippen molar-refractivity contribution in [1.29, 1.82) is 0 Å². The Kier molecular flexibility index (Phi) is 6.53. The maximum Gasteiger partial charge on any atom is 0.281 e. The van der Waals surface area contributed by atoms with Crippen LogP contribution in [0.15, 0.2) is 84.9 Å². The summed E-state index contributed by atoms with van der Waals surface area (Å²) in [5, 5.41) is 5.52. The molecule has 4 rings (SSSR count). The molecule has 0 spiro atoms. The van der Waals surface area contributed by atoms with Crippen molar-refractivity contribution in [3.8, 4) is 0 Å². The first-order valence-corrected chi connectivity index (χ1v) is 14.6. The number of fused-ring (bicyclic) bond motifs is 1. The largest absolute Gasteiger partial charge is 0.360 e. The van der Waals surface area contributed by atoms with Gasteiger partial charge in [0.25, 0.3) is 5.91 Å². The van der Waals surface area contributed by atoms with E-state index in [1.807, 2.05) is 84.9 Å². The van der Waals surface area contributed by atoms with Gasteiger partial charge in [-0.1, -0.05) is 74.2 Å². The van der Waals surface area contributed by atoms with E-state index in [0.29, 0.717) is 12.3 Å². The number of aromatic nitrogens is 2. The fraction of sp³-hybridized carbons (Fsp3) is 0.231. The summed E-state index contributed by atoms with van der Waals surface area (Å²) in [5.41, 5.74) is 2.92. The molecule has 0 aliphatic heterocycles. The van der Waals surface area contributed by atoms with Crippen molar-refractivity contribution in [1.82, 2.24) is 9.78 Å². The third kappa shape index (κ3) is 4.98. The molecule has 0 saturated carbocycles. The minimum Gasteiger partial charge on any atom is -0.360 e. The van der Waals surface area contributed by atoms with E-state index in [0.717, 1.165) is 28.3 Å². The summed E-state index contributed by atoms with van der Waals surface area (Å²) in [5.74, 6) is -0.134. The van der Waals surface area contributed by atoms with Gasteiger partial charge in [0, 0.05) is 31.4 Å². The SMILES string of the molecule is C[Si](C)(C)CCOCn1nc2ccccc2c1C(=O)N(c1ccccc1)c1ccccc1. The zero-order valence-electron chi connectivity index (χ0n) is 18.9. The van der Waals surface area contributed by atoms with Crippen LogP contribution in [0.4, 0.5) is 11.4 Å². The Labute approximate surface area is 190 Å². The van der Waals surface area contributed by atoms with Crippen LogP contribution in [0.3, 0.4) is 0 Å². The van der Waals surface area contributed by atoms with Gasteiger partial charge >= 0.3 is 0 Å². The van der Waals surface area contributed by atoms with Crippen molar-refractivity contribution < 1.29 is 9.53 Å². The highest BCUT2D eigenvalue weighted by atomic mass is 28.3. The van der Waals surface area contributed by atoms with Gasteiger partial charge in [-0.3, -0.25) is 9.69 Å². The molecule has 0 atom stereocenters. The predicted molar refractivity (Wildman–Crippen MR) is 133 cm³/mol. The number of anilines is 2. The average molecular weight is 444 g/mol. The van der Waals surface area contributed by atoms with Crippen molar-refractivity contribution in [3.63, 3.8) is 0 Å². The summed E-state index contributed by atoms with van der Waals surface area (Å²) in [7, 11) is -1.20. The van der Waals surface area contributed by atoms with Crippen LogP contribution in [-0.2, 0) is 11.5 Å². The van der Waals surface area contributed by atoms with Gasteiger partial charge in [0.2, 0.25) is 0 Å². The normalized spacial score (nSPS) is 11.6. The molecule has 6 heteroatoms. The third-order valence-electron chi connectivity index (χ3n) is 5.29. The van der Waals surface area contributed by atoms with E-state index >= 15 is 0 Å². The number of rotatable bonds is 8. The standard InChI is InChI=1S/C26H29N3O2Si/c1-32(2,3)19-18-31-20-28-25(23-16-10-11-17-24(23)27-28)26(30)29(21-12-6-4-7-13-21)22-14-8-5-9-15-22/h4-17H,18-20H2,1-3H3. The van der Waals surface area contributed by atoms with Gasteiger partial charge in [0.05, 0.1) is 5.52 Å². The summed E-state index contributed by atoms with van der Waals surface area (Å²) in [6.45, 7) is 7.89. The molecule has 0 unspecified atom stereocenters. The molecule has 164 valence electrons. The van der Waals surface area contributed by atoms with Crippen LogP contribution in [-0.4, -0.2) is 30.4 Å². The molecule has 0 aliphatic rings. The van der Waals surface area contributed by atoms with Gasteiger partial charge in [-0.25, -0.2) is 4.68 Å². The number of benzene rings is 3. The van der Waals surface area contributed by atoms with Crippen LogP contribution in [0.2, 0.25) is 25.7 Å². The summed E-state index contributed by atoms with van der Waals surface area (Å²) < 4.78 is 7.68. The molecule has 0 radical (unpaired) electrons. The average Bonchev–Trinajstić information content (AvgIpc) is 3.16. The second kappa shape index (κ2) is 9.50. The number of carbonyl (C=O) groups is 1. The first kappa shape index (κ1) is 22.0. The fourth-order valence-corrected chi connectivity index (χ4v) is 4.33. The van der Waals surface area contributed by atoms with Crippen LogP contribution >= 0.6 is 0 Å². The first-order valence-electron chi connectivity index (χ1n) is 10.9. The lowest BCUT2D eigenvalue weighted by Gasteiger charge is -2.23. The second-order valence-corrected chi connectivity index (χ2v) is 14.6. The van der Waals surface area contributed by atoms with Gasteiger partial charge in [0.15, 0.2) is 0 Å². The minimum atomic E-state index is -1.20. The quantitative estimate of drug-likeness (QED) is 0.236. The Balaban J connectivity index is 1.74. The number of carbonyl (C=O) groups excluding carboxylic acids is 1. The van der Waals surface area contributed by atoms with Crippen LogP contribution in [0, 0.1) is 0 Å². The number of para-hydroxylation sites is 2. The van der Waals surface area contributed by atoms with Crippen molar-refractivity contribution in [2.75, 3.05) is 11.5 Å². The monoisotopic (exact) mass is 443 g/mol. The Hall–Kier alpha value is -3.22. The Morgan fingerprint density at radius 1 is 0.875 bits per heavy atom. The van der Waals surface area contributed by atoms with E-state index in [1.54, 1.807) is 9.58 Å². The molecule has 1 aromatic heterocycles. The predicted octanol–water partition coefficient (Wildman–Crippen LogP) is 6.33. The number of hydrogen-bond donors (Lipinski definition) is 0. The number of nitrogens with zero attached hydrogens (tertiary/aromatic N) is 3. The minimum absolute atomic E-state index is 0.134. The van der Waals surface area contributed by atoms with Gasteiger partial charge in [0.1, 0.15) is 12.4 Å². The Morgan fingerprint density at radius 3 is 2.03 bits per heavy atom. The molecule has 0 fully saturated rings. The lowest BCUT2D eigenvalue weighted by Crippen LogP contribution is -2.29. The molecule has 0 bridgehead atoms. The molecule has 0 N–H and O–H groups in total. The third-order valence-corrected chi connectivity index (χ3v) is 6.99. The summed E-state index contributed by atoms with van der Waals surface area (Å²) in [6.07, 6.45) is 0. The number of amides is 1. The van der Waals surface area contributed by atoms with Gasteiger partial charge in [-0.15, -0.1) is 0 Å². The van der Waals surface area contributed by atoms with Crippen molar-refractivity contribution >= 4 is 36.3 Å². The highest BCUT2D eigenvalue weighted by Gasteiger charge is 2.26. The van der Waals surface area contributed by atoms with E-state index < -0.39 is 8.07 Å². The molecule has 5 nitrogen and oxygen atoms in total. The summed E-state index contributed by atoms with van der Waals surface area (Å²) in [6, 6.07) is 28.2. The van der Waals surface area contributed by atoms with Crippen molar-refractivity contribution in [2.24, 2.45) is 0 Å². The maximum atomic E-state index is 14.1. The van der Waals surface area contributed by atoms with E-state index in [4.69, 9.17) is 9.84 Å². The molecular weight excluding hydrogens is 414 g/mol. The molecule has 0 saturated heterocycles. The van der Waals surface area contributed by atoms with Gasteiger partial charge < -0.3 is 4.74 Å². The van der Waals surface area contributed by atoms with Gasteiger partial charge in [-0.05, 0) is 36.4 Å². The Bertz CT molecular complexity index is 1140. The molecular formula is C26H29N3O2Si. The number of hydrogen-bond acceptors (Lipinski definition) is 3. The zero-order valence-corrected chi connectivity index (χ0v) is 19.9. The summed E-state index contributed by atoms with van der Waals surface area (Å²) >= 11 is 0. The lowest BCUT2D eigenvalue weighted by molar-refractivity contribution is 0.0737. The van der Waals surface area contributed by atoms with Crippen molar-refractivity contribution in [3.05, 3.63) is 90.6 Å². The van der Waals surface area contributed by atoms with Gasteiger partial charge in [-0.2, -0.15) is 5.10 Å². The number of ether oxygens (including phenoxy) is 1. The Morgan fingerprint density at radius 2 is 1.44 bits per heavy atom. The van der Waals surface area contributed by atoms with Crippen LogP contribution in [0.5, 0.6) is 0 Å². The van der Waals surface area contributed by atoms with E-state index in [1.165, 1.54) is 0 Å². The second-order valence-electron chi connectivity index (χ2n) is 9.02. The molecule has 4 aromatic rings. The molecule has 1 amide bonds. The highest BCUT2D eigenvalue weighted by Crippen LogP contribution is 2.29. The van der Waals surface area contributed by atoms with Crippen LogP contribution in [0.25, 0.3) is 10.9 Å². The molecule has 3 aromatic carbocycles. The first-order chi connectivity index (χ1) is 15.4. The smallest absolute Gasteiger partial charge is 0.281 e. The van der Waals surface area contributed by atoms with Crippen LogP contribution in [0.1, 0.15) is 10.5 Å². The van der Waals surface area contributed by atoms with Crippen molar-refractivity contribution in [2.45, 2.75) is 32.4 Å². The zero-order chi connectivity index (χ0) is 22.6. The van der Waals surface area contributed by atoms with Crippen LogP contribution < -0.4 is 4.90 Å².